The number of aromatic nitrogens is 1. The minimum atomic E-state index is 0.610. The van der Waals surface area contributed by atoms with Crippen molar-refractivity contribution >= 4 is 50.0 Å². The molecule has 2 aromatic rings. The molecule has 0 aliphatic rings. The van der Waals surface area contributed by atoms with Crippen molar-refractivity contribution in [3.05, 3.63) is 38.4 Å². The van der Waals surface area contributed by atoms with E-state index in [9.17, 15) is 0 Å². The van der Waals surface area contributed by atoms with Crippen LogP contribution in [0, 0.1) is 6.92 Å². The van der Waals surface area contributed by atoms with E-state index < -0.39 is 0 Å². The Hall–Kier alpha value is -0.310. The molecule has 72 valence electrons. The number of aryl methyl sites for hydroxylation is 1. The van der Waals surface area contributed by atoms with E-state index in [4.69, 9.17) is 23.2 Å². The Morgan fingerprint density at radius 2 is 1.93 bits per heavy atom. The molecule has 0 spiro atoms. The van der Waals surface area contributed by atoms with Gasteiger partial charge in [0.15, 0.2) is 0 Å². The molecule has 0 fully saturated rings. The maximum Gasteiger partial charge on any atom is 0.0758 e. The number of benzene rings is 1. The van der Waals surface area contributed by atoms with Gasteiger partial charge in [0.2, 0.25) is 0 Å². The molecule has 1 nitrogen and oxygen atoms in total. The van der Waals surface area contributed by atoms with Crippen molar-refractivity contribution < 1.29 is 0 Å². The zero-order valence-electron chi connectivity index (χ0n) is 7.31. The van der Waals surface area contributed by atoms with Gasteiger partial charge in [0.1, 0.15) is 0 Å². The predicted molar refractivity (Wildman–Crippen MR) is 64.2 cm³/mol. The van der Waals surface area contributed by atoms with E-state index in [0.29, 0.717) is 5.02 Å². The highest BCUT2D eigenvalue weighted by molar-refractivity contribution is 9.10. The maximum absolute atomic E-state index is 5.99. The number of rotatable bonds is 0. The van der Waals surface area contributed by atoms with E-state index in [1.807, 2.05) is 19.1 Å². The van der Waals surface area contributed by atoms with Crippen LogP contribution >= 0.6 is 39.1 Å². The number of fused-ring (bicyclic) bond motifs is 1. The highest BCUT2D eigenvalue weighted by Gasteiger charge is 2.08. The quantitative estimate of drug-likeness (QED) is 0.690. The Morgan fingerprint density at radius 3 is 2.64 bits per heavy atom. The van der Waals surface area contributed by atoms with Crippen molar-refractivity contribution in [2.75, 3.05) is 0 Å². The summed E-state index contributed by atoms with van der Waals surface area (Å²) < 4.78 is 0.865. The second-order valence-electron chi connectivity index (χ2n) is 2.99. The third kappa shape index (κ3) is 1.52. The molecule has 0 unspecified atom stereocenters. The fourth-order valence-electron chi connectivity index (χ4n) is 1.33. The molecule has 14 heavy (non-hydrogen) atoms. The van der Waals surface area contributed by atoms with E-state index in [1.165, 1.54) is 0 Å². The Balaban J connectivity index is 2.94. The fraction of sp³-hybridized carbons (Fsp3) is 0.100. The molecule has 0 N–H and O–H groups in total. The van der Waals surface area contributed by atoms with Crippen LogP contribution in [0.2, 0.25) is 10.0 Å². The summed E-state index contributed by atoms with van der Waals surface area (Å²) >= 11 is 15.4. The molecular weight excluding hydrogens is 285 g/mol. The normalized spacial score (nSPS) is 10.9. The van der Waals surface area contributed by atoms with Crippen LogP contribution < -0.4 is 0 Å². The molecule has 1 aromatic heterocycles. The molecule has 0 saturated carbocycles. The fourth-order valence-corrected chi connectivity index (χ4v) is 2.05. The first-order chi connectivity index (χ1) is 6.61. The van der Waals surface area contributed by atoms with Gasteiger partial charge in [-0.15, -0.1) is 0 Å². The zero-order chi connectivity index (χ0) is 10.3. The average molecular weight is 291 g/mol. The summed E-state index contributed by atoms with van der Waals surface area (Å²) in [6.07, 6.45) is 1.62. The van der Waals surface area contributed by atoms with Crippen LogP contribution in [0.25, 0.3) is 10.9 Å². The minimum Gasteiger partial charge on any atom is -0.254 e. The summed E-state index contributed by atoms with van der Waals surface area (Å²) in [5.74, 6) is 0. The summed E-state index contributed by atoms with van der Waals surface area (Å²) in [7, 11) is 0. The summed E-state index contributed by atoms with van der Waals surface area (Å²) in [5, 5.41) is 2.32. The summed E-state index contributed by atoms with van der Waals surface area (Å²) in [6.45, 7) is 1.94. The maximum atomic E-state index is 5.99. The lowest BCUT2D eigenvalue weighted by Crippen LogP contribution is -1.86. The van der Waals surface area contributed by atoms with Gasteiger partial charge in [0, 0.05) is 21.1 Å². The van der Waals surface area contributed by atoms with E-state index in [2.05, 4.69) is 20.9 Å². The molecule has 0 atom stereocenters. The van der Waals surface area contributed by atoms with Gasteiger partial charge in [-0.2, -0.15) is 0 Å². The third-order valence-corrected chi connectivity index (χ3v) is 3.90. The van der Waals surface area contributed by atoms with Crippen LogP contribution in [0.15, 0.2) is 22.8 Å². The Bertz CT molecular complexity index is 464. The topological polar surface area (TPSA) is 12.9 Å². The molecule has 0 bridgehead atoms. The van der Waals surface area contributed by atoms with Crippen molar-refractivity contribution in [3.63, 3.8) is 0 Å². The lowest BCUT2D eigenvalue weighted by atomic mass is 10.1. The van der Waals surface area contributed by atoms with Gasteiger partial charge in [0.05, 0.1) is 10.5 Å². The van der Waals surface area contributed by atoms with Crippen LogP contribution in [-0.2, 0) is 0 Å². The highest BCUT2D eigenvalue weighted by Crippen LogP contribution is 2.33. The number of nitrogens with zero attached hydrogens (tertiary/aromatic N) is 1. The minimum absolute atomic E-state index is 0.610. The molecule has 2 rings (SSSR count). The van der Waals surface area contributed by atoms with Crippen LogP contribution in [0.4, 0.5) is 0 Å². The second kappa shape index (κ2) is 3.69. The predicted octanol–water partition coefficient (Wildman–Crippen LogP) is 4.61. The van der Waals surface area contributed by atoms with E-state index in [1.54, 1.807) is 6.20 Å². The molecule has 0 radical (unpaired) electrons. The number of halogens is 3. The summed E-state index contributed by atoms with van der Waals surface area (Å²) in [4.78, 5) is 4.26. The molecule has 4 heteroatoms. The van der Waals surface area contributed by atoms with E-state index >= 15 is 0 Å². The van der Waals surface area contributed by atoms with Gasteiger partial charge in [0.25, 0.3) is 0 Å². The number of hydrogen-bond donors (Lipinski definition) is 0. The van der Waals surface area contributed by atoms with Gasteiger partial charge in [-0.1, -0.05) is 29.3 Å². The molecular formula is C10H6BrCl2N. The Morgan fingerprint density at radius 1 is 1.21 bits per heavy atom. The average Bonchev–Trinajstić information content (AvgIpc) is 2.17. The molecule has 1 heterocycles. The first kappa shape index (κ1) is 10.2. The monoisotopic (exact) mass is 289 g/mol. The molecule has 0 saturated heterocycles. The van der Waals surface area contributed by atoms with Crippen molar-refractivity contribution in [1.82, 2.24) is 4.98 Å². The van der Waals surface area contributed by atoms with Crippen LogP contribution in [0.1, 0.15) is 5.56 Å². The highest BCUT2D eigenvalue weighted by atomic mass is 79.9. The standard InChI is InChI=1S/C10H6BrCl2N/c1-5-7(12)3-2-6-9(11)8(13)4-14-10(5)6/h2-4H,1H3. The largest absolute Gasteiger partial charge is 0.254 e. The summed E-state index contributed by atoms with van der Waals surface area (Å²) in [5.41, 5.74) is 1.86. The van der Waals surface area contributed by atoms with E-state index in [-0.39, 0.29) is 0 Å². The van der Waals surface area contributed by atoms with Crippen LogP contribution in [0.5, 0.6) is 0 Å². The van der Waals surface area contributed by atoms with Gasteiger partial charge < -0.3 is 0 Å². The lowest BCUT2D eigenvalue weighted by Gasteiger charge is -2.05. The van der Waals surface area contributed by atoms with Crippen molar-refractivity contribution in [1.29, 1.82) is 0 Å². The first-order valence-electron chi connectivity index (χ1n) is 4.00. The second-order valence-corrected chi connectivity index (χ2v) is 4.60. The SMILES string of the molecule is Cc1c(Cl)ccc2c(Br)c(Cl)cnc12. The molecule has 0 aliphatic heterocycles. The van der Waals surface area contributed by atoms with E-state index in [0.717, 1.165) is 26.0 Å². The first-order valence-corrected chi connectivity index (χ1v) is 5.55. The third-order valence-electron chi connectivity index (χ3n) is 2.12. The van der Waals surface area contributed by atoms with Crippen molar-refractivity contribution in [2.24, 2.45) is 0 Å². The van der Waals surface area contributed by atoms with Crippen LogP contribution in [-0.4, -0.2) is 4.98 Å². The lowest BCUT2D eigenvalue weighted by molar-refractivity contribution is 1.36. The number of hydrogen-bond acceptors (Lipinski definition) is 1. The van der Waals surface area contributed by atoms with Crippen molar-refractivity contribution in [3.8, 4) is 0 Å². The van der Waals surface area contributed by atoms with Gasteiger partial charge >= 0.3 is 0 Å². The smallest absolute Gasteiger partial charge is 0.0758 e. The van der Waals surface area contributed by atoms with Crippen LogP contribution in [0.3, 0.4) is 0 Å². The Labute approximate surface area is 100 Å². The van der Waals surface area contributed by atoms with Gasteiger partial charge in [-0.05, 0) is 34.5 Å². The summed E-state index contributed by atoms with van der Waals surface area (Å²) in [6, 6.07) is 3.76. The zero-order valence-corrected chi connectivity index (χ0v) is 10.4. The number of pyridine rings is 1. The molecule has 0 amide bonds. The van der Waals surface area contributed by atoms with Crippen molar-refractivity contribution in [2.45, 2.75) is 6.92 Å². The van der Waals surface area contributed by atoms with Gasteiger partial charge in [-0.25, -0.2) is 0 Å². The van der Waals surface area contributed by atoms with Gasteiger partial charge in [-0.3, -0.25) is 4.98 Å². The molecule has 0 aliphatic carbocycles. The molecule has 1 aromatic carbocycles. The Kier molecular flexibility index (Phi) is 2.69.